The maximum absolute atomic E-state index is 12.2. The molecule has 0 radical (unpaired) electrons. The fourth-order valence-corrected chi connectivity index (χ4v) is 2.74. The molecule has 9 nitrogen and oxygen atoms in total. The van der Waals surface area contributed by atoms with Crippen molar-refractivity contribution in [3.63, 3.8) is 0 Å². The van der Waals surface area contributed by atoms with E-state index >= 15 is 0 Å². The van der Waals surface area contributed by atoms with Gasteiger partial charge in [-0.1, -0.05) is 0 Å². The van der Waals surface area contributed by atoms with Crippen LogP contribution in [0.3, 0.4) is 0 Å². The van der Waals surface area contributed by atoms with Crippen LogP contribution in [-0.2, 0) is 24.3 Å². The number of nitrogens with one attached hydrogen (secondary N) is 2. The van der Waals surface area contributed by atoms with Gasteiger partial charge in [0.25, 0.3) is 5.91 Å². The molecule has 1 rings (SSSR count). The lowest BCUT2D eigenvalue weighted by Gasteiger charge is -2.14. The molecule has 10 heteroatoms. The standard InChI is InChI=1S/C15H22N2O7S/c1-10(14(18)17-7-8-22-3)24-15(19)11-5-6-12(23-4)13(9-11)25(20,21)16-2/h5-6,9-10,16H,7-8H2,1-4H3,(H,17,18)/t10-/m0/s1. The van der Waals surface area contributed by atoms with Gasteiger partial charge in [-0.2, -0.15) is 0 Å². The minimum atomic E-state index is -3.83. The summed E-state index contributed by atoms with van der Waals surface area (Å²) in [6.07, 6.45) is -1.05. The van der Waals surface area contributed by atoms with Crippen LogP contribution in [0.5, 0.6) is 5.75 Å². The second-order valence-corrected chi connectivity index (χ2v) is 6.76. The molecule has 0 fully saturated rings. The smallest absolute Gasteiger partial charge is 0.338 e. The highest BCUT2D eigenvalue weighted by atomic mass is 32.2. The van der Waals surface area contributed by atoms with Gasteiger partial charge in [0.2, 0.25) is 10.0 Å². The molecular formula is C15H22N2O7S. The van der Waals surface area contributed by atoms with E-state index in [1.54, 1.807) is 0 Å². The van der Waals surface area contributed by atoms with Gasteiger partial charge < -0.3 is 19.5 Å². The summed E-state index contributed by atoms with van der Waals surface area (Å²) in [6, 6.07) is 3.82. The van der Waals surface area contributed by atoms with Crippen molar-refractivity contribution in [2.45, 2.75) is 17.9 Å². The summed E-state index contributed by atoms with van der Waals surface area (Å²) >= 11 is 0. The van der Waals surface area contributed by atoms with Crippen molar-refractivity contribution in [1.29, 1.82) is 0 Å². The highest BCUT2D eigenvalue weighted by Gasteiger charge is 2.23. The maximum atomic E-state index is 12.2. The fourth-order valence-electron chi connectivity index (χ4n) is 1.83. The molecule has 25 heavy (non-hydrogen) atoms. The number of rotatable bonds is 9. The summed E-state index contributed by atoms with van der Waals surface area (Å²) < 4.78 is 41.0. The fraction of sp³-hybridized carbons (Fsp3) is 0.467. The molecule has 0 spiro atoms. The van der Waals surface area contributed by atoms with Crippen LogP contribution >= 0.6 is 0 Å². The zero-order valence-corrected chi connectivity index (χ0v) is 15.3. The number of carbonyl (C=O) groups is 2. The van der Waals surface area contributed by atoms with E-state index in [1.807, 2.05) is 0 Å². The molecule has 1 atom stereocenters. The van der Waals surface area contributed by atoms with Crippen LogP contribution in [0.4, 0.5) is 0 Å². The topological polar surface area (TPSA) is 120 Å². The average molecular weight is 374 g/mol. The lowest BCUT2D eigenvalue weighted by molar-refractivity contribution is -0.129. The second-order valence-electron chi connectivity index (χ2n) is 4.90. The predicted molar refractivity (Wildman–Crippen MR) is 89.0 cm³/mol. The van der Waals surface area contributed by atoms with E-state index in [2.05, 4.69) is 10.0 Å². The Hall–Kier alpha value is -2.17. The van der Waals surface area contributed by atoms with Crippen molar-refractivity contribution in [2.75, 3.05) is 34.4 Å². The second kappa shape index (κ2) is 9.35. The van der Waals surface area contributed by atoms with Gasteiger partial charge in [0.1, 0.15) is 10.6 Å². The van der Waals surface area contributed by atoms with E-state index in [9.17, 15) is 18.0 Å². The molecule has 0 unspecified atom stereocenters. The lowest BCUT2D eigenvalue weighted by atomic mass is 10.2. The molecule has 1 aromatic carbocycles. The minimum Gasteiger partial charge on any atom is -0.495 e. The van der Waals surface area contributed by atoms with Gasteiger partial charge in [0.05, 0.1) is 19.3 Å². The number of carbonyl (C=O) groups excluding carboxylic acids is 2. The highest BCUT2D eigenvalue weighted by molar-refractivity contribution is 7.89. The van der Waals surface area contributed by atoms with Crippen molar-refractivity contribution in [3.8, 4) is 5.75 Å². The van der Waals surface area contributed by atoms with Crippen molar-refractivity contribution in [2.24, 2.45) is 0 Å². The molecule has 0 aliphatic rings. The van der Waals surface area contributed by atoms with E-state index in [0.29, 0.717) is 6.61 Å². The minimum absolute atomic E-state index is 0.0221. The Balaban J connectivity index is 2.92. The Morgan fingerprint density at radius 1 is 1.24 bits per heavy atom. The van der Waals surface area contributed by atoms with Gasteiger partial charge in [0.15, 0.2) is 6.10 Å². The average Bonchev–Trinajstić information content (AvgIpc) is 2.60. The van der Waals surface area contributed by atoms with E-state index in [0.717, 1.165) is 6.07 Å². The van der Waals surface area contributed by atoms with Gasteiger partial charge in [-0.3, -0.25) is 4.79 Å². The summed E-state index contributed by atoms with van der Waals surface area (Å²) in [5, 5.41) is 2.54. The van der Waals surface area contributed by atoms with Crippen molar-refractivity contribution in [1.82, 2.24) is 10.0 Å². The SMILES string of the molecule is CNS(=O)(=O)c1cc(C(=O)O[C@@H](C)C(=O)NCCOC)ccc1OC. The molecule has 1 amide bonds. The van der Waals surface area contributed by atoms with Crippen molar-refractivity contribution >= 4 is 21.9 Å². The van der Waals surface area contributed by atoms with Crippen LogP contribution in [0.25, 0.3) is 0 Å². The molecule has 1 aromatic rings. The zero-order chi connectivity index (χ0) is 19.0. The predicted octanol–water partition coefficient (Wildman–Crippen LogP) is -0.0888. The molecule has 0 aromatic heterocycles. The number of benzene rings is 1. The van der Waals surface area contributed by atoms with E-state index in [1.165, 1.54) is 40.3 Å². The van der Waals surface area contributed by atoms with Crippen LogP contribution in [0, 0.1) is 0 Å². The first kappa shape index (κ1) is 20.9. The quantitative estimate of drug-likeness (QED) is 0.458. The first-order valence-electron chi connectivity index (χ1n) is 7.36. The van der Waals surface area contributed by atoms with Crippen LogP contribution in [-0.4, -0.2) is 60.8 Å². The molecule has 0 bridgehead atoms. The monoisotopic (exact) mass is 374 g/mol. The third-order valence-electron chi connectivity index (χ3n) is 3.22. The summed E-state index contributed by atoms with van der Waals surface area (Å²) in [7, 11) is 0.220. The molecule has 0 saturated carbocycles. The Kier molecular flexibility index (Phi) is 7.81. The number of ether oxygens (including phenoxy) is 3. The third kappa shape index (κ3) is 5.69. The maximum Gasteiger partial charge on any atom is 0.338 e. The number of amides is 1. The van der Waals surface area contributed by atoms with Crippen LogP contribution in [0.2, 0.25) is 0 Å². The lowest BCUT2D eigenvalue weighted by Crippen LogP contribution is -2.37. The first-order valence-corrected chi connectivity index (χ1v) is 8.84. The summed E-state index contributed by atoms with van der Waals surface area (Å²) in [6.45, 7) is 2.02. The molecule has 2 N–H and O–H groups in total. The highest BCUT2D eigenvalue weighted by Crippen LogP contribution is 2.25. The number of methoxy groups -OCH3 is 2. The first-order chi connectivity index (χ1) is 11.8. The Bertz CT molecular complexity index is 719. The Labute approximate surface area is 146 Å². The molecule has 0 heterocycles. The molecular weight excluding hydrogens is 352 g/mol. The van der Waals surface area contributed by atoms with Crippen molar-refractivity contribution in [3.05, 3.63) is 23.8 Å². The van der Waals surface area contributed by atoms with E-state index < -0.39 is 28.0 Å². The van der Waals surface area contributed by atoms with Crippen molar-refractivity contribution < 1.29 is 32.2 Å². The zero-order valence-electron chi connectivity index (χ0n) is 14.5. The summed E-state index contributed by atoms with van der Waals surface area (Å²) in [5.74, 6) is -1.23. The molecule has 140 valence electrons. The van der Waals surface area contributed by atoms with Crippen LogP contribution in [0.15, 0.2) is 23.1 Å². The molecule has 0 aliphatic heterocycles. The van der Waals surface area contributed by atoms with E-state index in [4.69, 9.17) is 14.2 Å². The number of hydrogen-bond donors (Lipinski definition) is 2. The van der Waals surface area contributed by atoms with E-state index in [-0.39, 0.29) is 22.8 Å². The summed E-state index contributed by atoms with van der Waals surface area (Å²) in [4.78, 5) is 23.8. The summed E-state index contributed by atoms with van der Waals surface area (Å²) in [5.41, 5.74) is -0.0221. The largest absolute Gasteiger partial charge is 0.495 e. The van der Waals surface area contributed by atoms with Gasteiger partial charge >= 0.3 is 5.97 Å². The van der Waals surface area contributed by atoms with Gasteiger partial charge in [-0.25, -0.2) is 17.9 Å². The number of hydrogen-bond acceptors (Lipinski definition) is 7. The normalized spacial score (nSPS) is 12.3. The van der Waals surface area contributed by atoms with Crippen LogP contribution < -0.4 is 14.8 Å². The third-order valence-corrected chi connectivity index (χ3v) is 4.65. The van der Waals surface area contributed by atoms with Gasteiger partial charge in [-0.15, -0.1) is 0 Å². The molecule has 0 aliphatic carbocycles. The number of esters is 1. The van der Waals surface area contributed by atoms with Gasteiger partial charge in [0, 0.05) is 13.7 Å². The molecule has 0 saturated heterocycles. The van der Waals surface area contributed by atoms with Gasteiger partial charge in [-0.05, 0) is 32.2 Å². The Morgan fingerprint density at radius 3 is 2.48 bits per heavy atom. The Morgan fingerprint density at radius 2 is 1.92 bits per heavy atom. The number of sulfonamides is 1. The van der Waals surface area contributed by atoms with Crippen LogP contribution in [0.1, 0.15) is 17.3 Å².